The normalized spacial score (nSPS) is 27.0. The number of fused-ring (bicyclic) bond motifs is 2. The summed E-state index contributed by atoms with van der Waals surface area (Å²) in [6.07, 6.45) is 6.87. The molecule has 0 N–H and O–H groups in total. The SMILES string of the molecule is Fc1cccnc1OC1C2CCC1N(Cc1ccncc1)CCO2. The monoisotopic (exact) mass is 329 g/mol. The molecule has 1 saturated carbocycles. The third-order valence-corrected chi connectivity index (χ3v) is 4.78. The van der Waals surface area contributed by atoms with Gasteiger partial charge in [-0.1, -0.05) is 0 Å². The average molecular weight is 329 g/mol. The van der Waals surface area contributed by atoms with Crippen LogP contribution in [0, 0.1) is 5.82 Å². The van der Waals surface area contributed by atoms with Crippen molar-refractivity contribution in [3.8, 4) is 5.88 Å². The number of hydrogen-bond acceptors (Lipinski definition) is 5. The minimum absolute atomic E-state index is 0.00107. The molecular formula is C18H20FN3O2. The van der Waals surface area contributed by atoms with Crippen molar-refractivity contribution >= 4 is 0 Å². The number of halogens is 1. The molecule has 1 saturated heterocycles. The summed E-state index contributed by atoms with van der Waals surface area (Å²) >= 11 is 0. The van der Waals surface area contributed by atoms with E-state index in [1.807, 2.05) is 12.1 Å². The minimum Gasteiger partial charge on any atom is -0.468 e. The lowest BCUT2D eigenvalue weighted by Gasteiger charge is -2.31. The Bertz CT molecular complexity index is 685. The fourth-order valence-electron chi connectivity index (χ4n) is 3.63. The largest absolute Gasteiger partial charge is 0.468 e. The van der Waals surface area contributed by atoms with Crippen LogP contribution in [-0.2, 0) is 11.3 Å². The Morgan fingerprint density at radius 3 is 2.92 bits per heavy atom. The van der Waals surface area contributed by atoms with Gasteiger partial charge in [-0.3, -0.25) is 9.88 Å². The highest BCUT2D eigenvalue weighted by Crippen LogP contribution is 2.33. The van der Waals surface area contributed by atoms with Crippen molar-refractivity contribution in [3.63, 3.8) is 0 Å². The second kappa shape index (κ2) is 6.83. The second-order valence-corrected chi connectivity index (χ2v) is 6.25. The van der Waals surface area contributed by atoms with Crippen LogP contribution in [0.5, 0.6) is 5.88 Å². The lowest BCUT2D eigenvalue weighted by molar-refractivity contribution is 0.000138. The van der Waals surface area contributed by atoms with Gasteiger partial charge in [0.25, 0.3) is 5.88 Å². The van der Waals surface area contributed by atoms with E-state index in [4.69, 9.17) is 9.47 Å². The number of hydrogen-bond donors (Lipinski definition) is 0. The molecule has 0 radical (unpaired) electrons. The first-order valence-electron chi connectivity index (χ1n) is 8.33. The molecule has 3 unspecified atom stereocenters. The number of pyridine rings is 2. The Morgan fingerprint density at radius 1 is 1.21 bits per heavy atom. The predicted octanol–water partition coefficient (Wildman–Crippen LogP) is 2.43. The van der Waals surface area contributed by atoms with Gasteiger partial charge in [-0.25, -0.2) is 9.37 Å². The smallest absolute Gasteiger partial charge is 0.250 e. The van der Waals surface area contributed by atoms with Gasteiger partial charge >= 0.3 is 0 Å². The zero-order valence-electron chi connectivity index (χ0n) is 13.3. The van der Waals surface area contributed by atoms with Gasteiger partial charge in [0.2, 0.25) is 0 Å². The number of rotatable bonds is 4. The molecule has 3 heterocycles. The fraction of sp³-hybridized carbons (Fsp3) is 0.444. The van der Waals surface area contributed by atoms with Crippen molar-refractivity contribution in [1.82, 2.24) is 14.9 Å². The Balaban J connectivity index is 1.54. The minimum atomic E-state index is -0.429. The summed E-state index contributed by atoms with van der Waals surface area (Å²) in [5.41, 5.74) is 1.21. The van der Waals surface area contributed by atoms with E-state index in [0.717, 1.165) is 25.9 Å². The van der Waals surface area contributed by atoms with Gasteiger partial charge in [0.1, 0.15) is 6.10 Å². The average Bonchev–Trinajstić information content (AvgIpc) is 2.91. The van der Waals surface area contributed by atoms with E-state index < -0.39 is 5.82 Å². The van der Waals surface area contributed by atoms with Gasteiger partial charge in [0.15, 0.2) is 5.82 Å². The van der Waals surface area contributed by atoms with Gasteiger partial charge in [-0.15, -0.1) is 0 Å². The van der Waals surface area contributed by atoms with Gasteiger partial charge in [0, 0.05) is 37.7 Å². The maximum atomic E-state index is 13.9. The standard InChI is InChI=1S/C18H20FN3O2/c19-14-2-1-7-21-18(14)24-17-15-3-4-16(17)23-11-10-22(15)12-13-5-8-20-9-6-13/h1-2,5-9,15-17H,3-4,10-12H2. The first kappa shape index (κ1) is 15.5. The van der Waals surface area contributed by atoms with Gasteiger partial charge in [-0.2, -0.15) is 0 Å². The van der Waals surface area contributed by atoms with E-state index >= 15 is 0 Å². The summed E-state index contributed by atoms with van der Waals surface area (Å²) in [5.74, 6) is -0.365. The van der Waals surface area contributed by atoms with Crippen LogP contribution in [-0.4, -0.2) is 46.3 Å². The molecule has 6 heteroatoms. The zero-order valence-corrected chi connectivity index (χ0v) is 13.3. The summed E-state index contributed by atoms with van der Waals surface area (Å²) in [6.45, 7) is 2.32. The van der Waals surface area contributed by atoms with Crippen LogP contribution in [0.25, 0.3) is 0 Å². The highest BCUT2D eigenvalue weighted by molar-refractivity contribution is 5.15. The molecule has 24 heavy (non-hydrogen) atoms. The molecular weight excluding hydrogens is 309 g/mol. The van der Waals surface area contributed by atoms with E-state index in [1.54, 1.807) is 24.7 Å². The Morgan fingerprint density at radius 2 is 2.08 bits per heavy atom. The van der Waals surface area contributed by atoms with E-state index in [-0.39, 0.29) is 24.1 Å². The molecule has 0 spiro atoms. The van der Waals surface area contributed by atoms with E-state index in [2.05, 4.69) is 14.9 Å². The Kier molecular flexibility index (Phi) is 4.40. The lowest BCUT2D eigenvalue weighted by atomic mass is 10.1. The van der Waals surface area contributed by atoms with Gasteiger partial charge < -0.3 is 9.47 Å². The highest BCUT2D eigenvalue weighted by atomic mass is 19.1. The molecule has 3 atom stereocenters. The van der Waals surface area contributed by atoms with E-state index in [9.17, 15) is 4.39 Å². The maximum absolute atomic E-state index is 13.9. The van der Waals surface area contributed by atoms with Crippen LogP contribution in [0.2, 0.25) is 0 Å². The Hall–Kier alpha value is -2.05. The third kappa shape index (κ3) is 3.12. The van der Waals surface area contributed by atoms with Crippen LogP contribution in [0.4, 0.5) is 4.39 Å². The second-order valence-electron chi connectivity index (χ2n) is 6.25. The van der Waals surface area contributed by atoms with Crippen molar-refractivity contribution in [1.29, 1.82) is 0 Å². The molecule has 0 amide bonds. The maximum Gasteiger partial charge on any atom is 0.250 e. The summed E-state index contributed by atoms with van der Waals surface area (Å²) < 4.78 is 25.8. The number of ether oxygens (including phenoxy) is 2. The van der Waals surface area contributed by atoms with Crippen molar-refractivity contribution in [2.75, 3.05) is 13.2 Å². The van der Waals surface area contributed by atoms with Crippen molar-refractivity contribution in [2.45, 2.75) is 37.6 Å². The Labute approximate surface area is 140 Å². The van der Waals surface area contributed by atoms with Crippen molar-refractivity contribution < 1.29 is 13.9 Å². The number of nitrogens with zero attached hydrogens (tertiary/aromatic N) is 3. The molecule has 2 fully saturated rings. The first-order valence-corrected chi connectivity index (χ1v) is 8.33. The fourth-order valence-corrected chi connectivity index (χ4v) is 3.63. The molecule has 126 valence electrons. The number of aromatic nitrogens is 2. The van der Waals surface area contributed by atoms with Gasteiger partial charge in [0.05, 0.1) is 12.7 Å². The molecule has 1 aliphatic heterocycles. The van der Waals surface area contributed by atoms with Crippen LogP contribution in [0.15, 0.2) is 42.9 Å². The third-order valence-electron chi connectivity index (χ3n) is 4.78. The van der Waals surface area contributed by atoms with Gasteiger partial charge in [-0.05, 0) is 42.7 Å². The summed E-state index contributed by atoms with van der Waals surface area (Å²) in [7, 11) is 0. The van der Waals surface area contributed by atoms with Crippen LogP contribution in [0.3, 0.4) is 0 Å². The zero-order chi connectivity index (χ0) is 16.4. The predicted molar refractivity (Wildman–Crippen MR) is 86.0 cm³/mol. The summed E-state index contributed by atoms with van der Waals surface area (Å²) in [4.78, 5) is 10.5. The summed E-state index contributed by atoms with van der Waals surface area (Å²) in [6, 6.07) is 7.18. The topological polar surface area (TPSA) is 47.5 Å². The van der Waals surface area contributed by atoms with Crippen LogP contribution >= 0.6 is 0 Å². The summed E-state index contributed by atoms with van der Waals surface area (Å²) in [5, 5.41) is 0. The van der Waals surface area contributed by atoms with Crippen LogP contribution in [0.1, 0.15) is 18.4 Å². The molecule has 2 aromatic rings. The van der Waals surface area contributed by atoms with Crippen LogP contribution < -0.4 is 4.74 Å². The first-order chi connectivity index (χ1) is 11.8. The molecule has 0 aromatic carbocycles. The quantitative estimate of drug-likeness (QED) is 0.862. The molecule has 5 nitrogen and oxygen atoms in total. The van der Waals surface area contributed by atoms with Crippen molar-refractivity contribution in [3.05, 3.63) is 54.2 Å². The molecule has 2 aromatic heterocycles. The highest BCUT2D eigenvalue weighted by Gasteiger charge is 2.44. The molecule has 1 aliphatic carbocycles. The molecule has 4 rings (SSSR count). The lowest BCUT2D eigenvalue weighted by Crippen LogP contribution is -2.44. The van der Waals surface area contributed by atoms with E-state index in [0.29, 0.717) is 6.61 Å². The van der Waals surface area contributed by atoms with Crippen molar-refractivity contribution in [2.24, 2.45) is 0 Å². The van der Waals surface area contributed by atoms with E-state index in [1.165, 1.54) is 11.6 Å². The molecule has 2 aliphatic rings. The molecule has 2 bridgehead atoms.